The zero-order chi connectivity index (χ0) is 9.10. The van der Waals surface area contributed by atoms with E-state index in [4.69, 9.17) is 0 Å². The molecule has 1 fully saturated rings. The minimum atomic E-state index is 0.449. The smallest absolute Gasteiger partial charge is 0.158 e. The second-order valence-corrected chi connectivity index (χ2v) is 4.40. The number of rotatable bonds is 3. The molecule has 0 aromatic carbocycles. The van der Waals surface area contributed by atoms with E-state index in [9.17, 15) is 4.79 Å². The number of carbonyl (C=O) groups excluding carboxylic acids is 1. The molecule has 0 spiro atoms. The lowest BCUT2D eigenvalue weighted by Crippen LogP contribution is -2.06. The molecule has 0 heterocycles. The van der Waals surface area contributed by atoms with E-state index in [0.29, 0.717) is 11.7 Å². The molecule has 0 radical (unpaired) electrons. The molecule has 2 rings (SSSR count). The molecule has 0 bridgehead atoms. The summed E-state index contributed by atoms with van der Waals surface area (Å²) < 4.78 is 0. The highest BCUT2D eigenvalue weighted by atomic mass is 16.1. The van der Waals surface area contributed by atoms with Gasteiger partial charge in [-0.05, 0) is 30.8 Å². The molecule has 0 aromatic heterocycles. The molecule has 0 amide bonds. The molecule has 0 unspecified atom stereocenters. The lowest BCUT2D eigenvalue weighted by molar-refractivity contribution is -0.116. The molecule has 0 N–H and O–H groups in total. The maximum atomic E-state index is 11.7. The normalized spacial score (nSPS) is 23.5. The highest BCUT2D eigenvalue weighted by molar-refractivity contribution is 5.95. The molecule has 2 aliphatic carbocycles. The lowest BCUT2D eigenvalue weighted by Gasteiger charge is -2.07. The number of hydrogen-bond acceptors (Lipinski definition) is 1. The summed E-state index contributed by atoms with van der Waals surface area (Å²) in [5.41, 5.74) is 1.13. The fourth-order valence-electron chi connectivity index (χ4n) is 2.53. The van der Waals surface area contributed by atoms with Gasteiger partial charge in [-0.1, -0.05) is 31.8 Å². The summed E-state index contributed by atoms with van der Waals surface area (Å²) in [6.45, 7) is 0. The topological polar surface area (TPSA) is 17.1 Å². The Balaban J connectivity index is 1.83. The van der Waals surface area contributed by atoms with Crippen molar-refractivity contribution in [3.63, 3.8) is 0 Å². The van der Waals surface area contributed by atoms with E-state index >= 15 is 0 Å². The Labute approximate surface area is 80.2 Å². The zero-order valence-electron chi connectivity index (χ0n) is 8.22. The second-order valence-electron chi connectivity index (χ2n) is 4.40. The van der Waals surface area contributed by atoms with Crippen LogP contribution in [-0.2, 0) is 4.79 Å². The summed E-state index contributed by atoms with van der Waals surface area (Å²) in [5.74, 6) is 1.17. The van der Waals surface area contributed by atoms with Gasteiger partial charge in [-0.2, -0.15) is 0 Å². The third kappa shape index (κ3) is 2.20. The van der Waals surface area contributed by atoms with Gasteiger partial charge in [0.05, 0.1) is 0 Å². The highest BCUT2D eigenvalue weighted by Gasteiger charge is 2.21. The van der Waals surface area contributed by atoms with Crippen molar-refractivity contribution < 1.29 is 4.79 Å². The van der Waals surface area contributed by atoms with E-state index in [0.717, 1.165) is 24.8 Å². The lowest BCUT2D eigenvalue weighted by atomic mass is 9.97. The summed E-state index contributed by atoms with van der Waals surface area (Å²) in [7, 11) is 0. The maximum Gasteiger partial charge on any atom is 0.158 e. The fraction of sp³-hybridized carbons (Fsp3) is 0.750. The Bertz CT molecular complexity index is 221. The fourth-order valence-corrected chi connectivity index (χ4v) is 2.53. The maximum absolute atomic E-state index is 11.7. The molecule has 0 saturated heterocycles. The monoisotopic (exact) mass is 178 g/mol. The van der Waals surface area contributed by atoms with Gasteiger partial charge >= 0.3 is 0 Å². The van der Waals surface area contributed by atoms with Gasteiger partial charge in [0.1, 0.15) is 0 Å². The average molecular weight is 178 g/mol. The van der Waals surface area contributed by atoms with Crippen LogP contribution in [0, 0.1) is 5.92 Å². The Kier molecular flexibility index (Phi) is 2.82. The van der Waals surface area contributed by atoms with Crippen molar-refractivity contribution in [3.05, 3.63) is 11.6 Å². The average Bonchev–Trinajstić information content (AvgIpc) is 2.74. The number of hydrogen-bond donors (Lipinski definition) is 0. The SMILES string of the molecule is O=C(CC1CCCC1)C1=CCCC1. The Morgan fingerprint density at radius 2 is 2.08 bits per heavy atom. The first-order chi connectivity index (χ1) is 6.36. The predicted octanol–water partition coefficient (Wildman–Crippen LogP) is 3.25. The van der Waals surface area contributed by atoms with Crippen LogP contribution in [-0.4, -0.2) is 5.78 Å². The van der Waals surface area contributed by atoms with E-state index < -0.39 is 0 Å². The quantitative estimate of drug-likeness (QED) is 0.648. The van der Waals surface area contributed by atoms with Gasteiger partial charge < -0.3 is 0 Å². The summed E-state index contributed by atoms with van der Waals surface area (Å²) in [4.78, 5) is 11.7. The van der Waals surface area contributed by atoms with Crippen LogP contribution in [0.1, 0.15) is 51.4 Å². The third-order valence-corrected chi connectivity index (χ3v) is 3.35. The molecule has 0 aromatic rings. The van der Waals surface area contributed by atoms with Crippen molar-refractivity contribution in [2.24, 2.45) is 5.92 Å². The van der Waals surface area contributed by atoms with Crippen LogP contribution in [0.25, 0.3) is 0 Å². The molecule has 1 heteroatoms. The van der Waals surface area contributed by atoms with Crippen LogP contribution in [0.3, 0.4) is 0 Å². The molecule has 13 heavy (non-hydrogen) atoms. The predicted molar refractivity (Wildman–Crippen MR) is 53.5 cm³/mol. The summed E-state index contributed by atoms with van der Waals surface area (Å²) in [5, 5.41) is 0. The number of ketones is 1. The first-order valence-electron chi connectivity index (χ1n) is 5.58. The van der Waals surface area contributed by atoms with Crippen LogP contribution >= 0.6 is 0 Å². The van der Waals surface area contributed by atoms with Crippen molar-refractivity contribution in [1.82, 2.24) is 0 Å². The van der Waals surface area contributed by atoms with Gasteiger partial charge in [0.2, 0.25) is 0 Å². The Hall–Kier alpha value is -0.590. The molecule has 2 aliphatic rings. The van der Waals surface area contributed by atoms with Crippen LogP contribution in [0.4, 0.5) is 0 Å². The second kappa shape index (κ2) is 4.08. The van der Waals surface area contributed by atoms with Gasteiger partial charge in [-0.25, -0.2) is 0 Å². The van der Waals surface area contributed by atoms with Crippen molar-refractivity contribution in [3.8, 4) is 0 Å². The van der Waals surface area contributed by atoms with Crippen molar-refractivity contribution in [2.45, 2.75) is 51.4 Å². The first-order valence-corrected chi connectivity index (χ1v) is 5.58. The van der Waals surface area contributed by atoms with Gasteiger partial charge in [-0.15, -0.1) is 0 Å². The minimum Gasteiger partial charge on any atom is -0.295 e. The Morgan fingerprint density at radius 1 is 1.31 bits per heavy atom. The standard InChI is InChI=1S/C12H18O/c13-12(11-7-3-4-8-11)9-10-5-1-2-6-10/h7,10H,1-6,8-9H2. The van der Waals surface area contributed by atoms with Crippen molar-refractivity contribution in [2.75, 3.05) is 0 Å². The molecule has 0 aliphatic heterocycles. The number of carbonyl (C=O) groups is 1. The van der Waals surface area contributed by atoms with E-state index in [-0.39, 0.29) is 0 Å². The summed E-state index contributed by atoms with van der Waals surface area (Å²) in [6.07, 6.45) is 11.6. The van der Waals surface area contributed by atoms with Crippen LogP contribution in [0.2, 0.25) is 0 Å². The van der Waals surface area contributed by atoms with Gasteiger partial charge in [0.15, 0.2) is 5.78 Å². The van der Waals surface area contributed by atoms with Crippen LogP contribution in [0.5, 0.6) is 0 Å². The largest absolute Gasteiger partial charge is 0.295 e. The molecular formula is C12H18O. The Morgan fingerprint density at radius 3 is 2.69 bits per heavy atom. The highest BCUT2D eigenvalue weighted by Crippen LogP contribution is 2.30. The molecule has 1 nitrogen and oxygen atoms in total. The van der Waals surface area contributed by atoms with Crippen molar-refractivity contribution in [1.29, 1.82) is 0 Å². The zero-order valence-corrected chi connectivity index (χ0v) is 8.22. The van der Waals surface area contributed by atoms with E-state index in [2.05, 4.69) is 6.08 Å². The summed E-state index contributed by atoms with van der Waals surface area (Å²) >= 11 is 0. The van der Waals surface area contributed by atoms with Crippen LogP contribution in [0.15, 0.2) is 11.6 Å². The molecule has 0 atom stereocenters. The van der Waals surface area contributed by atoms with Gasteiger partial charge in [0, 0.05) is 6.42 Å². The van der Waals surface area contributed by atoms with Gasteiger partial charge in [-0.3, -0.25) is 4.79 Å². The van der Waals surface area contributed by atoms with E-state index in [1.54, 1.807) is 0 Å². The van der Waals surface area contributed by atoms with E-state index in [1.807, 2.05) is 0 Å². The molecular weight excluding hydrogens is 160 g/mol. The molecule has 1 saturated carbocycles. The molecule has 72 valence electrons. The third-order valence-electron chi connectivity index (χ3n) is 3.35. The van der Waals surface area contributed by atoms with Crippen molar-refractivity contribution >= 4 is 5.78 Å². The van der Waals surface area contributed by atoms with E-state index in [1.165, 1.54) is 32.1 Å². The van der Waals surface area contributed by atoms with Gasteiger partial charge in [0.25, 0.3) is 0 Å². The minimum absolute atomic E-state index is 0.449. The summed E-state index contributed by atoms with van der Waals surface area (Å²) in [6, 6.07) is 0. The number of allylic oxidation sites excluding steroid dienone is 2. The number of Topliss-reactive ketones (excluding diaryl/α,β-unsaturated/α-hetero) is 1. The van der Waals surface area contributed by atoms with Crippen LogP contribution < -0.4 is 0 Å². The first kappa shape index (κ1) is 8.98.